The van der Waals surface area contributed by atoms with Gasteiger partial charge in [-0.15, -0.1) is 0 Å². The number of rotatable bonds is 4. The summed E-state index contributed by atoms with van der Waals surface area (Å²) >= 11 is 0. The standard InChI is InChI=1S/C14H20N2O3/c15-8-13(11-4-2-1-3-5-11)14(18)16-6-7-19-12(9-16)10-17/h1-5,12-13,17H,6-10,15H2. The summed E-state index contributed by atoms with van der Waals surface area (Å²) in [6, 6.07) is 9.55. The van der Waals surface area contributed by atoms with Crippen molar-refractivity contribution in [2.75, 3.05) is 32.8 Å². The predicted octanol–water partition coefficient (Wildman–Crippen LogP) is -0.0514. The Balaban J connectivity index is 2.08. The summed E-state index contributed by atoms with van der Waals surface area (Å²) in [5.74, 6) is -0.311. The maximum absolute atomic E-state index is 12.5. The summed E-state index contributed by atoms with van der Waals surface area (Å²) in [5, 5.41) is 9.12. The number of morpholine rings is 1. The molecule has 0 bridgehead atoms. The molecule has 0 radical (unpaired) electrons. The van der Waals surface area contributed by atoms with Crippen LogP contribution in [-0.4, -0.2) is 54.9 Å². The number of aliphatic hydroxyl groups excluding tert-OH is 1. The molecule has 2 rings (SSSR count). The third-order valence-corrected chi connectivity index (χ3v) is 3.39. The Morgan fingerprint density at radius 3 is 2.84 bits per heavy atom. The molecule has 1 heterocycles. The van der Waals surface area contributed by atoms with Crippen LogP contribution in [0.4, 0.5) is 0 Å². The van der Waals surface area contributed by atoms with Crippen LogP contribution >= 0.6 is 0 Å². The number of hydrogen-bond acceptors (Lipinski definition) is 4. The van der Waals surface area contributed by atoms with Crippen molar-refractivity contribution in [2.24, 2.45) is 5.73 Å². The average molecular weight is 264 g/mol. The number of carbonyl (C=O) groups is 1. The van der Waals surface area contributed by atoms with Gasteiger partial charge in [0.15, 0.2) is 0 Å². The second-order valence-electron chi connectivity index (χ2n) is 4.66. The van der Waals surface area contributed by atoms with E-state index in [1.807, 2.05) is 30.3 Å². The lowest BCUT2D eigenvalue weighted by Gasteiger charge is -2.34. The normalized spacial score (nSPS) is 21.2. The van der Waals surface area contributed by atoms with Gasteiger partial charge >= 0.3 is 0 Å². The minimum absolute atomic E-state index is 0.00968. The molecular weight excluding hydrogens is 244 g/mol. The van der Waals surface area contributed by atoms with Crippen molar-refractivity contribution in [3.63, 3.8) is 0 Å². The van der Waals surface area contributed by atoms with E-state index in [9.17, 15) is 4.79 Å². The maximum atomic E-state index is 12.5. The van der Waals surface area contributed by atoms with Gasteiger partial charge in [0.2, 0.25) is 5.91 Å². The van der Waals surface area contributed by atoms with Gasteiger partial charge in [-0.1, -0.05) is 30.3 Å². The van der Waals surface area contributed by atoms with Crippen LogP contribution in [0.2, 0.25) is 0 Å². The van der Waals surface area contributed by atoms with Crippen LogP contribution in [-0.2, 0) is 9.53 Å². The number of carbonyl (C=O) groups excluding carboxylic acids is 1. The quantitative estimate of drug-likeness (QED) is 0.799. The van der Waals surface area contributed by atoms with E-state index >= 15 is 0 Å². The molecule has 0 spiro atoms. The molecule has 1 saturated heterocycles. The summed E-state index contributed by atoms with van der Waals surface area (Å²) in [6.07, 6.45) is -0.285. The molecule has 1 aliphatic rings. The monoisotopic (exact) mass is 264 g/mol. The molecule has 1 amide bonds. The Morgan fingerprint density at radius 2 is 2.21 bits per heavy atom. The van der Waals surface area contributed by atoms with E-state index in [0.29, 0.717) is 19.7 Å². The summed E-state index contributed by atoms with van der Waals surface area (Å²) in [6.45, 7) is 1.66. The lowest BCUT2D eigenvalue weighted by Crippen LogP contribution is -2.49. The molecule has 5 nitrogen and oxygen atoms in total. The van der Waals surface area contributed by atoms with Gasteiger partial charge in [0.05, 0.1) is 25.2 Å². The third-order valence-electron chi connectivity index (χ3n) is 3.39. The largest absolute Gasteiger partial charge is 0.394 e. The number of benzene rings is 1. The van der Waals surface area contributed by atoms with Crippen molar-refractivity contribution in [3.05, 3.63) is 35.9 Å². The maximum Gasteiger partial charge on any atom is 0.231 e. The Bertz CT molecular complexity index is 410. The summed E-state index contributed by atoms with van der Waals surface area (Å²) in [5.41, 5.74) is 6.68. The molecule has 3 N–H and O–H groups in total. The molecule has 0 aromatic heterocycles. The zero-order chi connectivity index (χ0) is 13.7. The van der Waals surface area contributed by atoms with Crippen LogP contribution in [0.15, 0.2) is 30.3 Å². The second kappa shape index (κ2) is 6.65. The summed E-state index contributed by atoms with van der Waals surface area (Å²) in [4.78, 5) is 14.2. The van der Waals surface area contributed by atoms with E-state index < -0.39 is 0 Å². The third kappa shape index (κ3) is 3.32. The first-order valence-electron chi connectivity index (χ1n) is 6.52. The van der Waals surface area contributed by atoms with Gasteiger partial charge in [0, 0.05) is 19.6 Å². The first-order valence-corrected chi connectivity index (χ1v) is 6.52. The molecule has 1 aromatic rings. The number of aliphatic hydroxyl groups is 1. The van der Waals surface area contributed by atoms with Gasteiger partial charge in [0.25, 0.3) is 0 Å². The molecule has 0 saturated carbocycles. The first kappa shape index (κ1) is 14.0. The molecule has 0 aliphatic carbocycles. The van der Waals surface area contributed by atoms with Crippen molar-refractivity contribution in [1.29, 1.82) is 0 Å². The second-order valence-corrected chi connectivity index (χ2v) is 4.66. The zero-order valence-corrected chi connectivity index (χ0v) is 10.9. The van der Waals surface area contributed by atoms with Crippen LogP contribution < -0.4 is 5.73 Å². The van der Waals surface area contributed by atoms with Gasteiger partial charge in [-0.05, 0) is 5.56 Å². The topological polar surface area (TPSA) is 75.8 Å². The van der Waals surface area contributed by atoms with Crippen LogP contribution in [0.1, 0.15) is 11.5 Å². The summed E-state index contributed by atoms with van der Waals surface area (Å²) in [7, 11) is 0. The van der Waals surface area contributed by atoms with E-state index in [-0.39, 0.29) is 31.1 Å². The highest BCUT2D eigenvalue weighted by molar-refractivity contribution is 5.84. The van der Waals surface area contributed by atoms with Crippen molar-refractivity contribution in [2.45, 2.75) is 12.0 Å². The van der Waals surface area contributed by atoms with Gasteiger partial charge in [-0.2, -0.15) is 0 Å². The van der Waals surface area contributed by atoms with E-state index in [4.69, 9.17) is 15.6 Å². The number of nitrogens with two attached hydrogens (primary N) is 1. The fourth-order valence-electron chi connectivity index (χ4n) is 2.32. The SMILES string of the molecule is NCC(C(=O)N1CCOC(CO)C1)c1ccccc1. The molecule has 1 aliphatic heterocycles. The minimum atomic E-state index is -0.321. The highest BCUT2D eigenvalue weighted by atomic mass is 16.5. The van der Waals surface area contributed by atoms with Crippen molar-refractivity contribution >= 4 is 5.91 Å². The Hall–Kier alpha value is -1.43. The van der Waals surface area contributed by atoms with Crippen LogP contribution in [0.3, 0.4) is 0 Å². The van der Waals surface area contributed by atoms with E-state index in [1.54, 1.807) is 4.90 Å². The van der Waals surface area contributed by atoms with E-state index in [0.717, 1.165) is 5.56 Å². The lowest BCUT2D eigenvalue weighted by atomic mass is 9.97. The van der Waals surface area contributed by atoms with Crippen LogP contribution in [0.5, 0.6) is 0 Å². The first-order chi connectivity index (χ1) is 9.26. The smallest absolute Gasteiger partial charge is 0.231 e. The van der Waals surface area contributed by atoms with Crippen molar-refractivity contribution in [3.8, 4) is 0 Å². The zero-order valence-electron chi connectivity index (χ0n) is 10.9. The predicted molar refractivity (Wildman–Crippen MR) is 71.6 cm³/mol. The van der Waals surface area contributed by atoms with Crippen molar-refractivity contribution in [1.82, 2.24) is 4.90 Å². The molecule has 5 heteroatoms. The minimum Gasteiger partial charge on any atom is -0.394 e. The van der Waals surface area contributed by atoms with Gasteiger partial charge in [-0.3, -0.25) is 4.79 Å². The fourth-order valence-corrected chi connectivity index (χ4v) is 2.32. The van der Waals surface area contributed by atoms with E-state index in [2.05, 4.69) is 0 Å². The Labute approximate surface area is 113 Å². The molecule has 19 heavy (non-hydrogen) atoms. The van der Waals surface area contributed by atoms with Gasteiger partial charge in [-0.25, -0.2) is 0 Å². The molecule has 2 unspecified atom stereocenters. The fraction of sp³-hybridized carbons (Fsp3) is 0.500. The highest BCUT2D eigenvalue weighted by Gasteiger charge is 2.29. The van der Waals surface area contributed by atoms with E-state index in [1.165, 1.54) is 0 Å². The Kier molecular flexibility index (Phi) is 4.90. The molecule has 1 fully saturated rings. The van der Waals surface area contributed by atoms with Gasteiger partial charge < -0.3 is 20.5 Å². The number of amides is 1. The number of hydrogen-bond donors (Lipinski definition) is 2. The van der Waals surface area contributed by atoms with Gasteiger partial charge in [0.1, 0.15) is 0 Å². The van der Waals surface area contributed by atoms with Crippen molar-refractivity contribution < 1.29 is 14.6 Å². The van der Waals surface area contributed by atoms with Crippen LogP contribution in [0, 0.1) is 0 Å². The summed E-state index contributed by atoms with van der Waals surface area (Å²) < 4.78 is 5.35. The molecule has 1 aromatic carbocycles. The lowest BCUT2D eigenvalue weighted by molar-refractivity contribution is -0.141. The number of ether oxygens (including phenoxy) is 1. The Morgan fingerprint density at radius 1 is 1.47 bits per heavy atom. The van der Waals surface area contributed by atoms with Crippen LogP contribution in [0.25, 0.3) is 0 Å². The number of nitrogens with zero attached hydrogens (tertiary/aromatic N) is 1. The molecule has 104 valence electrons. The highest BCUT2D eigenvalue weighted by Crippen LogP contribution is 2.19. The average Bonchev–Trinajstić information content (AvgIpc) is 2.49. The molecule has 2 atom stereocenters. The molecular formula is C14H20N2O3.